The first-order chi connectivity index (χ1) is 9.82. The molecule has 2 rings (SSSR count). The minimum atomic E-state index is -3.59. The van der Waals surface area contributed by atoms with E-state index in [0.717, 1.165) is 12.8 Å². The Kier molecular flexibility index (Phi) is 4.33. The van der Waals surface area contributed by atoms with Gasteiger partial charge in [0.15, 0.2) is 0 Å². The number of carboxylic acids is 1. The maximum absolute atomic E-state index is 12.3. The lowest BCUT2D eigenvalue weighted by atomic mass is 10.3. The molecule has 1 aromatic rings. The second-order valence-corrected chi connectivity index (χ2v) is 6.83. The van der Waals surface area contributed by atoms with Gasteiger partial charge in [-0.15, -0.1) is 0 Å². The minimum absolute atomic E-state index is 0.0116. The molecule has 8 nitrogen and oxygen atoms in total. The molecule has 0 aromatic carbocycles. The number of nitrogens with one attached hydrogen (secondary N) is 2. The van der Waals surface area contributed by atoms with Gasteiger partial charge in [0.05, 0.1) is 0 Å². The Balaban J connectivity index is 2.14. The van der Waals surface area contributed by atoms with Crippen LogP contribution in [-0.2, 0) is 14.8 Å². The maximum Gasteiger partial charge on any atom is 0.325 e. The molecule has 0 bridgehead atoms. The average molecular weight is 315 g/mol. The molecular weight excluding hydrogens is 298 g/mol. The Bertz CT molecular complexity index is 646. The van der Waals surface area contributed by atoms with Gasteiger partial charge < -0.3 is 15.4 Å². The molecule has 2 heterocycles. The number of H-pyrrole nitrogens is 1. The Morgan fingerprint density at radius 3 is 2.57 bits per heavy atom. The predicted octanol–water partition coefficient (Wildman–Crippen LogP) is 0.00210. The van der Waals surface area contributed by atoms with Crippen LogP contribution in [-0.4, -0.2) is 53.8 Å². The highest BCUT2D eigenvalue weighted by molar-refractivity contribution is 7.89. The molecular formula is C12H17N3O5S. The van der Waals surface area contributed by atoms with Crippen molar-refractivity contribution in [3.8, 4) is 0 Å². The van der Waals surface area contributed by atoms with Crippen molar-refractivity contribution < 1.29 is 23.1 Å². The standard InChI is InChI=1S/C12H17N3O5S/c1-8(12(17)18)14-11(16)10-6-9(7-13-10)21(19,20)15-4-2-3-5-15/h6-8,13H,2-5H2,1H3,(H,14,16)(H,17,18)/t8-/m1/s1. The van der Waals surface area contributed by atoms with E-state index in [4.69, 9.17) is 5.11 Å². The first-order valence-electron chi connectivity index (χ1n) is 6.54. The predicted molar refractivity (Wildman–Crippen MR) is 73.3 cm³/mol. The third-order valence-corrected chi connectivity index (χ3v) is 5.20. The summed E-state index contributed by atoms with van der Waals surface area (Å²) < 4.78 is 25.9. The van der Waals surface area contributed by atoms with E-state index in [1.165, 1.54) is 23.5 Å². The van der Waals surface area contributed by atoms with E-state index in [1.807, 2.05) is 0 Å². The SMILES string of the molecule is C[C@@H](NC(=O)c1cc(S(=O)(=O)N2CCCC2)c[nH]1)C(=O)O. The summed E-state index contributed by atoms with van der Waals surface area (Å²) in [5.41, 5.74) is 0.0147. The number of aliphatic carboxylic acids is 1. The average Bonchev–Trinajstić information content (AvgIpc) is 3.10. The maximum atomic E-state index is 12.3. The summed E-state index contributed by atoms with van der Waals surface area (Å²) in [6.45, 7) is 2.28. The summed E-state index contributed by atoms with van der Waals surface area (Å²) in [6.07, 6.45) is 2.90. The van der Waals surface area contributed by atoms with Crippen LogP contribution in [0, 0.1) is 0 Å². The quantitative estimate of drug-likeness (QED) is 0.706. The van der Waals surface area contributed by atoms with E-state index in [9.17, 15) is 18.0 Å². The normalized spacial score (nSPS) is 17.6. The van der Waals surface area contributed by atoms with E-state index in [1.54, 1.807) is 0 Å². The zero-order chi connectivity index (χ0) is 15.6. The van der Waals surface area contributed by atoms with Gasteiger partial charge >= 0.3 is 5.97 Å². The number of nitrogens with zero attached hydrogens (tertiary/aromatic N) is 1. The number of carboxylic acid groups (broad SMARTS) is 1. The van der Waals surface area contributed by atoms with Crippen molar-refractivity contribution in [3.05, 3.63) is 18.0 Å². The number of carbonyl (C=O) groups is 2. The molecule has 0 unspecified atom stereocenters. The molecule has 1 saturated heterocycles. The second kappa shape index (κ2) is 5.86. The summed E-state index contributed by atoms with van der Waals surface area (Å²) in [6, 6.07) is 0.164. The van der Waals surface area contributed by atoms with Crippen LogP contribution in [0.15, 0.2) is 17.2 Å². The van der Waals surface area contributed by atoms with E-state index in [2.05, 4.69) is 10.3 Å². The van der Waals surface area contributed by atoms with Crippen LogP contribution in [0.25, 0.3) is 0 Å². The van der Waals surface area contributed by atoms with Crippen LogP contribution in [0.3, 0.4) is 0 Å². The molecule has 9 heteroatoms. The summed E-state index contributed by atoms with van der Waals surface area (Å²) >= 11 is 0. The van der Waals surface area contributed by atoms with Crippen molar-refractivity contribution in [1.82, 2.24) is 14.6 Å². The molecule has 1 aliphatic rings. The third-order valence-electron chi connectivity index (χ3n) is 3.32. The van der Waals surface area contributed by atoms with Crippen molar-refractivity contribution in [2.45, 2.75) is 30.7 Å². The molecule has 0 aliphatic carbocycles. The van der Waals surface area contributed by atoms with Gasteiger partial charge in [-0.3, -0.25) is 9.59 Å². The molecule has 1 amide bonds. The van der Waals surface area contributed by atoms with Gasteiger partial charge in [0.2, 0.25) is 10.0 Å². The van der Waals surface area contributed by atoms with Crippen LogP contribution in [0.4, 0.5) is 0 Å². The largest absolute Gasteiger partial charge is 0.480 e. The molecule has 1 aliphatic heterocycles. The van der Waals surface area contributed by atoms with Gasteiger partial charge in [-0.2, -0.15) is 4.31 Å². The Labute approximate surface area is 122 Å². The van der Waals surface area contributed by atoms with Gasteiger partial charge in [0, 0.05) is 19.3 Å². The van der Waals surface area contributed by atoms with Gasteiger partial charge in [0.25, 0.3) is 5.91 Å². The van der Waals surface area contributed by atoms with Crippen LogP contribution in [0.1, 0.15) is 30.3 Å². The molecule has 0 radical (unpaired) electrons. The van der Waals surface area contributed by atoms with Crippen molar-refractivity contribution in [1.29, 1.82) is 0 Å². The Hall–Kier alpha value is -1.87. The number of hydrogen-bond donors (Lipinski definition) is 3. The van der Waals surface area contributed by atoms with Gasteiger partial charge in [-0.05, 0) is 25.8 Å². The van der Waals surface area contributed by atoms with Crippen molar-refractivity contribution >= 4 is 21.9 Å². The third kappa shape index (κ3) is 3.24. The number of carbonyl (C=O) groups excluding carboxylic acids is 1. The number of aromatic amines is 1. The van der Waals surface area contributed by atoms with Crippen LogP contribution >= 0.6 is 0 Å². The second-order valence-electron chi connectivity index (χ2n) is 4.89. The fourth-order valence-electron chi connectivity index (χ4n) is 2.07. The van der Waals surface area contributed by atoms with Gasteiger partial charge in [-0.1, -0.05) is 0 Å². The lowest BCUT2D eigenvalue weighted by Crippen LogP contribution is -2.38. The van der Waals surface area contributed by atoms with E-state index < -0.39 is 27.9 Å². The zero-order valence-corrected chi connectivity index (χ0v) is 12.3. The number of aromatic nitrogens is 1. The van der Waals surface area contributed by atoms with Crippen molar-refractivity contribution in [2.24, 2.45) is 0 Å². The number of amides is 1. The molecule has 1 atom stereocenters. The minimum Gasteiger partial charge on any atom is -0.480 e. The summed E-state index contributed by atoms with van der Waals surface area (Å²) in [7, 11) is -3.59. The fourth-order valence-corrected chi connectivity index (χ4v) is 3.58. The van der Waals surface area contributed by atoms with Crippen LogP contribution < -0.4 is 5.32 Å². The molecule has 0 saturated carbocycles. The summed E-state index contributed by atoms with van der Waals surface area (Å²) in [5, 5.41) is 11.0. The first kappa shape index (κ1) is 15.5. The molecule has 3 N–H and O–H groups in total. The van der Waals surface area contributed by atoms with E-state index in [-0.39, 0.29) is 10.6 Å². The fraction of sp³-hybridized carbons (Fsp3) is 0.500. The Morgan fingerprint density at radius 1 is 1.38 bits per heavy atom. The van der Waals surface area contributed by atoms with Crippen molar-refractivity contribution in [3.63, 3.8) is 0 Å². The highest BCUT2D eigenvalue weighted by Gasteiger charge is 2.28. The lowest BCUT2D eigenvalue weighted by molar-refractivity contribution is -0.138. The number of rotatable bonds is 5. The van der Waals surface area contributed by atoms with Crippen LogP contribution in [0.2, 0.25) is 0 Å². The first-order valence-corrected chi connectivity index (χ1v) is 7.98. The summed E-state index contributed by atoms with van der Waals surface area (Å²) in [5.74, 6) is -1.83. The highest BCUT2D eigenvalue weighted by Crippen LogP contribution is 2.21. The number of hydrogen-bond acceptors (Lipinski definition) is 4. The van der Waals surface area contributed by atoms with Crippen LogP contribution in [0.5, 0.6) is 0 Å². The molecule has 0 spiro atoms. The zero-order valence-electron chi connectivity index (χ0n) is 11.5. The molecule has 116 valence electrons. The topological polar surface area (TPSA) is 120 Å². The molecule has 1 fully saturated rings. The van der Waals surface area contributed by atoms with E-state index in [0.29, 0.717) is 13.1 Å². The van der Waals surface area contributed by atoms with E-state index >= 15 is 0 Å². The molecule has 1 aromatic heterocycles. The lowest BCUT2D eigenvalue weighted by Gasteiger charge is -2.13. The monoisotopic (exact) mass is 315 g/mol. The highest BCUT2D eigenvalue weighted by atomic mass is 32.2. The molecule has 21 heavy (non-hydrogen) atoms. The number of sulfonamides is 1. The van der Waals surface area contributed by atoms with Crippen molar-refractivity contribution in [2.75, 3.05) is 13.1 Å². The Morgan fingerprint density at radius 2 is 2.00 bits per heavy atom. The summed E-state index contributed by atoms with van der Waals surface area (Å²) in [4.78, 5) is 25.1. The smallest absolute Gasteiger partial charge is 0.325 e. The van der Waals surface area contributed by atoms with Gasteiger partial charge in [0.1, 0.15) is 16.6 Å². The van der Waals surface area contributed by atoms with Gasteiger partial charge in [-0.25, -0.2) is 8.42 Å².